The smallest absolute Gasteiger partial charge is 0.269 e. The van der Waals surface area contributed by atoms with Crippen LogP contribution in [0.2, 0.25) is 5.02 Å². The Morgan fingerprint density at radius 3 is 2.58 bits per heavy atom. The number of halogens is 1. The van der Waals surface area contributed by atoms with Gasteiger partial charge in [-0.15, -0.1) is 21.5 Å². The molecule has 2 aromatic heterocycles. The number of fused-ring (bicyclic) bond motifs is 1. The van der Waals surface area contributed by atoms with Gasteiger partial charge in [0.1, 0.15) is 15.6 Å². The van der Waals surface area contributed by atoms with Gasteiger partial charge < -0.3 is 4.74 Å². The molecule has 0 fully saturated rings. The molecule has 0 saturated heterocycles. The van der Waals surface area contributed by atoms with E-state index in [0.29, 0.717) is 20.0 Å². The van der Waals surface area contributed by atoms with Crippen molar-refractivity contribution in [2.24, 2.45) is 0 Å². The summed E-state index contributed by atoms with van der Waals surface area (Å²) in [6, 6.07) is 15.2. The molecule has 0 spiro atoms. The van der Waals surface area contributed by atoms with Gasteiger partial charge in [-0.3, -0.25) is 10.1 Å². The summed E-state index contributed by atoms with van der Waals surface area (Å²) in [5, 5.41) is 13.4. The molecule has 1 amide bonds. The van der Waals surface area contributed by atoms with Crippen molar-refractivity contribution in [3.8, 4) is 16.3 Å². The molecular weight excluding hydrogens is 390 g/mol. The van der Waals surface area contributed by atoms with Crippen LogP contribution in [0.3, 0.4) is 0 Å². The lowest BCUT2D eigenvalue weighted by atomic mass is 10.2. The Labute approximate surface area is 162 Å². The highest BCUT2D eigenvalue weighted by Crippen LogP contribution is 2.36. The molecule has 0 unspecified atom stereocenters. The number of carbonyl (C=O) groups excluding carboxylic acids is 1. The minimum Gasteiger partial charge on any atom is -0.497 e. The molecule has 26 heavy (non-hydrogen) atoms. The quantitative estimate of drug-likeness (QED) is 0.501. The number of rotatable bonds is 4. The summed E-state index contributed by atoms with van der Waals surface area (Å²) in [5.41, 5.74) is 0.906. The summed E-state index contributed by atoms with van der Waals surface area (Å²) in [7, 11) is 1.62. The second kappa shape index (κ2) is 7.03. The molecule has 2 aromatic carbocycles. The summed E-state index contributed by atoms with van der Waals surface area (Å²) in [4.78, 5) is 13.0. The molecule has 2 heterocycles. The number of aromatic nitrogens is 2. The Morgan fingerprint density at radius 1 is 1.08 bits per heavy atom. The van der Waals surface area contributed by atoms with E-state index in [1.807, 2.05) is 48.5 Å². The predicted octanol–water partition coefficient (Wildman–Crippen LogP) is 5.33. The van der Waals surface area contributed by atoms with Crippen LogP contribution in [-0.4, -0.2) is 23.2 Å². The Morgan fingerprint density at radius 2 is 1.85 bits per heavy atom. The number of ether oxygens (including phenoxy) is 1. The van der Waals surface area contributed by atoms with Crippen molar-refractivity contribution in [3.63, 3.8) is 0 Å². The van der Waals surface area contributed by atoms with Crippen LogP contribution in [0, 0.1) is 0 Å². The third-order valence-corrected chi connectivity index (χ3v) is 6.29. The zero-order valence-corrected chi connectivity index (χ0v) is 15.9. The van der Waals surface area contributed by atoms with Gasteiger partial charge in [-0.25, -0.2) is 0 Å². The average molecular weight is 402 g/mol. The van der Waals surface area contributed by atoms with E-state index < -0.39 is 0 Å². The van der Waals surface area contributed by atoms with Gasteiger partial charge in [0, 0.05) is 15.6 Å². The second-order valence-electron chi connectivity index (χ2n) is 5.34. The van der Waals surface area contributed by atoms with Crippen LogP contribution in [0.1, 0.15) is 9.67 Å². The van der Waals surface area contributed by atoms with E-state index >= 15 is 0 Å². The highest BCUT2D eigenvalue weighted by molar-refractivity contribution is 7.22. The topological polar surface area (TPSA) is 64.1 Å². The standard InChI is InChI=1S/C18H12ClN3O2S2/c1-24-11-8-6-10(7-9-11)17-21-22-18(26-17)20-16(23)15-14(19)12-4-2-3-5-13(12)25-15/h2-9H,1H3,(H,20,22,23). The van der Waals surface area contributed by atoms with Crippen molar-refractivity contribution < 1.29 is 9.53 Å². The van der Waals surface area contributed by atoms with Crippen LogP contribution in [0.25, 0.3) is 20.7 Å². The SMILES string of the molecule is COc1ccc(-c2nnc(NC(=O)c3sc4ccccc4c3Cl)s2)cc1. The molecule has 4 rings (SSSR count). The first-order valence-electron chi connectivity index (χ1n) is 7.62. The summed E-state index contributed by atoms with van der Waals surface area (Å²) in [6.07, 6.45) is 0. The van der Waals surface area contributed by atoms with E-state index in [2.05, 4.69) is 15.5 Å². The third-order valence-electron chi connectivity index (χ3n) is 3.72. The zero-order chi connectivity index (χ0) is 18.1. The Bertz CT molecular complexity index is 1090. The minimum atomic E-state index is -0.284. The summed E-state index contributed by atoms with van der Waals surface area (Å²) in [5.74, 6) is 0.486. The fraction of sp³-hybridized carbons (Fsp3) is 0.0556. The molecule has 8 heteroatoms. The molecule has 1 N–H and O–H groups in total. The zero-order valence-electron chi connectivity index (χ0n) is 13.5. The Balaban J connectivity index is 1.56. The van der Waals surface area contributed by atoms with Gasteiger partial charge in [-0.2, -0.15) is 0 Å². The van der Waals surface area contributed by atoms with Gasteiger partial charge in [-0.05, 0) is 30.3 Å². The highest BCUT2D eigenvalue weighted by Gasteiger charge is 2.18. The normalized spacial score (nSPS) is 10.8. The van der Waals surface area contributed by atoms with Crippen LogP contribution in [0.5, 0.6) is 5.75 Å². The van der Waals surface area contributed by atoms with E-state index in [-0.39, 0.29) is 5.91 Å². The van der Waals surface area contributed by atoms with Crippen LogP contribution >= 0.6 is 34.3 Å². The van der Waals surface area contributed by atoms with Gasteiger partial charge in [0.25, 0.3) is 5.91 Å². The molecule has 130 valence electrons. The number of nitrogens with zero attached hydrogens (tertiary/aromatic N) is 2. The molecule has 0 aliphatic carbocycles. The van der Waals surface area contributed by atoms with Crippen molar-refractivity contribution >= 4 is 55.4 Å². The molecule has 4 aromatic rings. The Kier molecular flexibility index (Phi) is 4.58. The van der Waals surface area contributed by atoms with Gasteiger partial charge in [-0.1, -0.05) is 41.1 Å². The van der Waals surface area contributed by atoms with Crippen LogP contribution in [0.4, 0.5) is 5.13 Å². The lowest BCUT2D eigenvalue weighted by Crippen LogP contribution is -2.10. The van der Waals surface area contributed by atoms with Gasteiger partial charge in [0.15, 0.2) is 0 Å². The first kappa shape index (κ1) is 17.0. The molecule has 0 saturated carbocycles. The molecule has 0 bridgehead atoms. The molecule has 5 nitrogen and oxygen atoms in total. The molecule has 0 aliphatic rings. The lowest BCUT2D eigenvalue weighted by Gasteiger charge is -2.00. The van der Waals surface area contributed by atoms with Crippen LogP contribution in [0.15, 0.2) is 48.5 Å². The van der Waals surface area contributed by atoms with Crippen molar-refractivity contribution in [3.05, 3.63) is 58.4 Å². The largest absolute Gasteiger partial charge is 0.497 e. The van der Waals surface area contributed by atoms with Gasteiger partial charge in [0.05, 0.1) is 12.1 Å². The first-order valence-corrected chi connectivity index (χ1v) is 9.63. The maximum absolute atomic E-state index is 12.6. The van der Waals surface area contributed by atoms with E-state index in [1.54, 1.807) is 7.11 Å². The second-order valence-corrected chi connectivity index (χ2v) is 7.74. The number of benzene rings is 2. The van der Waals surface area contributed by atoms with Crippen molar-refractivity contribution in [2.75, 3.05) is 12.4 Å². The number of hydrogen-bond acceptors (Lipinski definition) is 6. The number of thiophene rings is 1. The van der Waals surface area contributed by atoms with E-state index in [4.69, 9.17) is 16.3 Å². The molecule has 0 aliphatic heterocycles. The maximum atomic E-state index is 12.6. The van der Waals surface area contributed by atoms with Crippen LogP contribution in [-0.2, 0) is 0 Å². The Hall–Kier alpha value is -2.48. The average Bonchev–Trinajstić information content (AvgIpc) is 3.27. The van der Waals surface area contributed by atoms with Gasteiger partial charge >= 0.3 is 0 Å². The summed E-state index contributed by atoms with van der Waals surface area (Å²) < 4.78 is 6.12. The third kappa shape index (κ3) is 3.16. The number of methoxy groups -OCH3 is 1. The fourth-order valence-corrected chi connectivity index (χ4v) is 4.59. The van der Waals surface area contributed by atoms with E-state index in [0.717, 1.165) is 21.4 Å². The molecule has 0 radical (unpaired) electrons. The fourth-order valence-electron chi connectivity index (χ4n) is 2.44. The molecular formula is C18H12ClN3O2S2. The highest BCUT2D eigenvalue weighted by atomic mass is 35.5. The van der Waals surface area contributed by atoms with E-state index in [9.17, 15) is 4.79 Å². The minimum absolute atomic E-state index is 0.284. The maximum Gasteiger partial charge on any atom is 0.269 e. The summed E-state index contributed by atoms with van der Waals surface area (Å²) >= 11 is 9.01. The number of nitrogens with one attached hydrogen (secondary N) is 1. The number of amides is 1. The molecule has 0 atom stereocenters. The number of carbonyl (C=O) groups is 1. The van der Waals surface area contributed by atoms with Crippen molar-refractivity contribution in [1.29, 1.82) is 0 Å². The van der Waals surface area contributed by atoms with Gasteiger partial charge in [0.2, 0.25) is 5.13 Å². The van der Waals surface area contributed by atoms with Crippen molar-refractivity contribution in [1.82, 2.24) is 10.2 Å². The lowest BCUT2D eigenvalue weighted by molar-refractivity contribution is 0.103. The number of hydrogen-bond donors (Lipinski definition) is 1. The van der Waals surface area contributed by atoms with Crippen LogP contribution < -0.4 is 10.1 Å². The van der Waals surface area contributed by atoms with Crippen molar-refractivity contribution in [2.45, 2.75) is 0 Å². The monoisotopic (exact) mass is 401 g/mol. The first-order chi connectivity index (χ1) is 12.7. The summed E-state index contributed by atoms with van der Waals surface area (Å²) in [6.45, 7) is 0. The number of anilines is 1. The predicted molar refractivity (Wildman–Crippen MR) is 107 cm³/mol. The van der Waals surface area contributed by atoms with E-state index in [1.165, 1.54) is 22.7 Å².